The molecule has 18 heavy (non-hydrogen) atoms. The van der Waals surface area contributed by atoms with E-state index in [-0.39, 0.29) is 11.6 Å². The fourth-order valence-electron chi connectivity index (χ4n) is 1.23. The third-order valence-electron chi connectivity index (χ3n) is 2.08. The Kier molecular flexibility index (Phi) is 3.29. The van der Waals surface area contributed by atoms with Crippen molar-refractivity contribution in [2.45, 2.75) is 0 Å². The molecule has 0 bridgehead atoms. The molecule has 7 heteroatoms. The van der Waals surface area contributed by atoms with Gasteiger partial charge in [-0.3, -0.25) is 4.79 Å². The smallest absolute Gasteiger partial charge is 0.269 e. The van der Waals surface area contributed by atoms with Gasteiger partial charge in [0.1, 0.15) is 0 Å². The van der Waals surface area contributed by atoms with Crippen molar-refractivity contribution < 1.29 is 9.53 Å². The van der Waals surface area contributed by atoms with Crippen LogP contribution in [0, 0.1) is 0 Å². The molecule has 0 aliphatic carbocycles. The summed E-state index contributed by atoms with van der Waals surface area (Å²) in [4.78, 5) is 10.8. The number of hydrogen-bond donors (Lipinski definition) is 2. The number of halogens is 1. The molecular formula is C11H9ClN4O2. The molecule has 1 heterocycles. The van der Waals surface area contributed by atoms with Gasteiger partial charge in [0.15, 0.2) is 11.4 Å². The zero-order chi connectivity index (χ0) is 13.1. The first-order valence-corrected chi connectivity index (χ1v) is 5.30. The topological polar surface area (TPSA) is 104 Å². The summed E-state index contributed by atoms with van der Waals surface area (Å²) in [5.41, 5.74) is 11.2. The summed E-state index contributed by atoms with van der Waals surface area (Å²) in [6.45, 7) is 0. The Labute approximate surface area is 108 Å². The Balaban J connectivity index is 2.21. The number of nitrogen functional groups attached to an aromatic ring is 1. The molecule has 0 fully saturated rings. The summed E-state index contributed by atoms with van der Waals surface area (Å²) >= 11 is 5.76. The lowest BCUT2D eigenvalue weighted by molar-refractivity contribution is 0.0994. The Bertz CT molecular complexity index is 586. The van der Waals surface area contributed by atoms with Crippen molar-refractivity contribution >= 4 is 23.2 Å². The minimum Gasteiger partial charge on any atom is -0.435 e. The van der Waals surface area contributed by atoms with Crippen LogP contribution in [0.3, 0.4) is 0 Å². The van der Waals surface area contributed by atoms with Crippen LogP contribution in [-0.2, 0) is 0 Å². The molecule has 2 rings (SSSR count). The number of ether oxygens (including phenoxy) is 1. The van der Waals surface area contributed by atoms with Crippen LogP contribution in [0.25, 0.3) is 0 Å². The molecule has 0 saturated carbocycles. The van der Waals surface area contributed by atoms with E-state index in [1.54, 1.807) is 18.2 Å². The van der Waals surface area contributed by atoms with Crippen LogP contribution in [-0.4, -0.2) is 16.1 Å². The monoisotopic (exact) mass is 264 g/mol. The Morgan fingerprint density at radius 1 is 1.22 bits per heavy atom. The molecule has 1 aromatic heterocycles. The average molecular weight is 265 g/mol. The van der Waals surface area contributed by atoms with Gasteiger partial charge in [0.05, 0.1) is 5.69 Å². The lowest BCUT2D eigenvalue weighted by atomic mass is 10.3. The van der Waals surface area contributed by atoms with Gasteiger partial charge in [0, 0.05) is 11.1 Å². The molecule has 0 aliphatic heterocycles. The van der Waals surface area contributed by atoms with Crippen molar-refractivity contribution in [2.75, 3.05) is 5.73 Å². The molecule has 0 unspecified atom stereocenters. The molecule has 0 radical (unpaired) electrons. The van der Waals surface area contributed by atoms with Crippen LogP contribution in [0.2, 0.25) is 5.02 Å². The summed E-state index contributed by atoms with van der Waals surface area (Å²) in [6.07, 6.45) is 0. The van der Waals surface area contributed by atoms with E-state index >= 15 is 0 Å². The van der Waals surface area contributed by atoms with Crippen LogP contribution in [0.15, 0.2) is 30.3 Å². The number of amides is 1. The van der Waals surface area contributed by atoms with Crippen molar-refractivity contribution in [3.05, 3.63) is 41.0 Å². The van der Waals surface area contributed by atoms with E-state index in [2.05, 4.69) is 10.2 Å². The number of carbonyl (C=O) groups excluding carboxylic acids is 1. The summed E-state index contributed by atoms with van der Waals surface area (Å²) in [5.74, 6) is -0.0467. The first-order chi connectivity index (χ1) is 8.56. The van der Waals surface area contributed by atoms with Gasteiger partial charge in [0.25, 0.3) is 5.91 Å². The van der Waals surface area contributed by atoms with Crippen molar-refractivity contribution in [3.8, 4) is 11.6 Å². The third kappa shape index (κ3) is 2.67. The highest BCUT2D eigenvalue weighted by Gasteiger charge is 2.06. The number of rotatable bonds is 3. The summed E-state index contributed by atoms with van der Waals surface area (Å²) < 4.78 is 5.39. The van der Waals surface area contributed by atoms with Gasteiger partial charge in [-0.25, -0.2) is 0 Å². The van der Waals surface area contributed by atoms with Gasteiger partial charge >= 0.3 is 0 Å². The van der Waals surface area contributed by atoms with Crippen molar-refractivity contribution in [1.82, 2.24) is 10.2 Å². The van der Waals surface area contributed by atoms with E-state index in [1.807, 2.05) is 0 Å². The van der Waals surface area contributed by atoms with Crippen molar-refractivity contribution in [1.29, 1.82) is 0 Å². The van der Waals surface area contributed by atoms with Crippen molar-refractivity contribution in [2.24, 2.45) is 5.73 Å². The fourth-order valence-corrected chi connectivity index (χ4v) is 1.41. The molecular weight excluding hydrogens is 256 g/mol. The predicted molar refractivity (Wildman–Crippen MR) is 66.5 cm³/mol. The highest BCUT2D eigenvalue weighted by Crippen LogP contribution is 2.28. The summed E-state index contributed by atoms with van der Waals surface area (Å²) in [7, 11) is 0. The molecule has 0 saturated heterocycles. The average Bonchev–Trinajstić information content (AvgIpc) is 2.33. The molecule has 92 valence electrons. The zero-order valence-electron chi connectivity index (χ0n) is 9.13. The number of benzene rings is 1. The molecule has 1 aromatic carbocycles. The van der Waals surface area contributed by atoms with E-state index in [4.69, 9.17) is 27.8 Å². The van der Waals surface area contributed by atoms with E-state index in [9.17, 15) is 4.79 Å². The number of nitrogens with zero attached hydrogens (tertiary/aromatic N) is 2. The van der Waals surface area contributed by atoms with E-state index in [1.165, 1.54) is 12.1 Å². The third-order valence-corrected chi connectivity index (χ3v) is 2.31. The lowest BCUT2D eigenvalue weighted by Crippen LogP contribution is -2.13. The van der Waals surface area contributed by atoms with Crippen molar-refractivity contribution in [3.63, 3.8) is 0 Å². The second-order valence-corrected chi connectivity index (χ2v) is 3.84. The second-order valence-electron chi connectivity index (χ2n) is 3.41. The molecule has 0 atom stereocenters. The van der Waals surface area contributed by atoms with E-state index in [0.29, 0.717) is 16.5 Å². The number of anilines is 1. The molecule has 0 aliphatic rings. The van der Waals surface area contributed by atoms with Crippen LogP contribution in [0.5, 0.6) is 11.6 Å². The maximum atomic E-state index is 10.8. The first-order valence-electron chi connectivity index (χ1n) is 4.92. The molecule has 4 N–H and O–H groups in total. The Morgan fingerprint density at radius 2 is 2.00 bits per heavy atom. The van der Waals surface area contributed by atoms with Crippen LogP contribution in [0.4, 0.5) is 5.69 Å². The molecule has 1 amide bonds. The molecule has 2 aromatic rings. The second kappa shape index (κ2) is 4.89. The van der Waals surface area contributed by atoms with Gasteiger partial charge in [0.2, 0.25) is 5.88 Å². The minimum atomic E-state index is -0.653. The van der Waals surface area contributed by atoms with E-state index in [0.717, 1.165) is 0 Å². The minimum absolute atomic E-state index is 0.0615. The standard InChI is InChI=1S/C11H9ClN4O2/c12-6-1-3-9(7(13)5-6)18-10-4-2-8(11(14)17)15-16-10/h1-5H,13H2,(H2,14,17). The largest absolute Gasteiger partial charge is 0.435 e. The maximum absolute atomic E-state index is 10.8. The van der Waals surface area contributed by atoms with Crippen LogP contribution < -0.4 is 16.2 Å². The van der Waals surface area contributed by atoms with Gasteiger partial charge in [-0.2, -0.15) is 0 Å². The number of carbonyl (C=O) groups is 1. The predicted octanol–water partition coefficient (Wildman–Crippen LogP) is 1.60. The number of aromatic nitrogens is 2. The highest BCUT2D eigenvalue weighted by molar-refractivity contribution is 6.30. The zero-order valence-corrected chi connectivity index (χ0v) is 9.89. The first kappa shape index (κ1) is 12.1. The van der Waals surface area contributed by atoms with Gasteiger partial charge in [-0.1, -0.05) is 11.6 Å². The van der Waals surface area contributed by atoms with Gasteiger partial charge in [-0.15, -0.1) is 10.2 Å². The normalized spacial score (nSPS) is 10.1. The summed E-state index contributed by atoms with van der Waals surface area (Å²) in [6, 6.07) is 7.69. The SMILES string of the molecule is NC(=O)c1ccc(Oc2ccc(Cl)cc2N)nn1. The maximum Gasteiger partial charge on any atom is 0.269 e. The van der Waals surface area contributed by atoms with Gasteiger partial charge < -0.3 is 16.2 Å². The van der Waals surface area contributed by atoms with E-state index < -0.39 is 5.91 Å². The Morgan fingerprint density at radius 3 is 2.56 bits per heavy atom. The Hall–Kier alpha value is -2.34. The summed E-state index contributed by atoms with van der Waals surface area (Å²) in [5, 5.41) is 7.81. The number of hydrogen-bond acceptors (Lipinski definition) is 5. The van der Waals surface area contributed by atoms with Crippen LogP contribution >= 0.6 is 11.6 Å². The lowest BCUT2D eigenvalue weighted by Gasteiger charge is -2.07. The number of primary amides is 1. The molecule has 6 nitrogen and oxygen atoms in total. The number of nitrogens with two attached hydrogens (primary N) is 2. The highest BCUT2D eigenvalue weighted by atomic mass is 35.5. The van der Waals surface area contributed by atoms with Crippen LogP contribution in [0.1, 0.15) is 10.5 Å². The van der Waals surface area contributed by atoms with Gasteiger partial charge in [-0.05, 0) is 24.3 Å². The quantitative estimate of drug-likeness (QED) is 0.820. The fraction of sp³-hybridized carbons (Fsp3) is 0. The molecule has 0 spiro atoms.